The Morgan fingerprint density at radius 2 is 1.50 bits per heavy atom. The Morgan fingerprint density at radius 3 is 2.05 bits per heavy atom. The molecule has 0 aliphatic rings. The number of carbonyl (C=O) groups is 1. The summed E-state index contributed by atoms with van der Waals surface area (Å²) in [5.74, 6) is 0.811. The van der Waals surface area contributed by atoms with Crippen LogP contribution in [0.4, 0.5) is 0 Å². The SMILES string of the molecule is CC(=O)n1nc(-c2ccncc2)nc1-c1ccncc1. The van der Waals surface area contributed by atoms with E-state index in [1.807, 2.05) is 0 Å². The molecular formula is C14H11N5O. The van der Waals surface area contributed by atoms with E-state index in [0.29, 0.717) is 11.6 Å². The second-order valence-corrected chi connectivity index (χ2v) is 4.16. The Labute approximate surface area is 115 Å². The molecule has 0 fully saturated rings. The Hall–Kier alpha value is -2.89. The van der Waals surface area contributed by atoms with Crippen LogP contribution in [0.1, 0.15) is 11.7 Å². The highest BCUT2D eigenvalue weighted by molar-refractivity contribution is 5.80. The molecule has 0 atom stereocenters. The maximum Gasteiger partial charge on any atom is 0.245 e. The zero-order valence-electron chi connectivity index (χ0n) is 10.8. The monoisotopic (exact) mass is 265 g/mol. The standard InChI is InChI=1S/C14H11N5O/c1-10(20)19-14(12-4-8-16-9-5-12)17-13(18-19)11-2-6-15-7-3-11/h2-9H,1H3. The lowest BCUT2D eigenvalue weighted by atomic mass is 10.2. The number of nitrogens with zero attached hydrogens (tertiary/aromatic N) is 5. The predicted molar refractivity (Wildman–Crippen MR) is 72.8 cm³/mol. The van der Waals surface area contributed by atoms with Gasteiger partial charge in [-0.2, -0.15) is 4.68 Å². The van der Waals surface area contributed by atoms with Gasteiger partial charge in [0.2, 0.25) is 5.91 Å². The summed E-state index contributed by atoms with van der Waals surface area (Å²) >= 11 is 0. The van der Waals surface area contributed by atoms with Crippen LogP contribution in [0.5, 0.6) is 0 Å². The van der Waals surface area contributed by atoms with Crippen molar-refractivity contribution >= 4 is 5.91 Å². The van der Waals surface area contributed by atoms with E-state index in [2.05, 4.69) is 20.1 Å². The minimum absolute atomic E-state index is 0.190. The molecular weight excluding hydrogens is 254 g/mol. The van der Waals surface area contributed by atoms with Crippen molar-refractivity contribution in [2.45, 2.75) is 6.92 Å². The van der Waals surface area contributed by atoms with Crippen molar-refractivity contribution in [3.8, 4) is 22.8 Å². The molecule has 0 N–H and O–H groups in total. The van der Waals surface area contributed by atoms with E-state index in [4.69, 9.17) is 0 Å². The topological polar surface area (TPSA) is 73.6 Å². The van der Waals surface area contributed by atoms with Crippen molar-refractivity contribution < 1.29 is 4.79 Å². The van der Waals surface area contributed by atoms with Gasteiger partial charge in [-0.15, -0.1) is 5.10 Å². The van der Waals surface area contributed by atoms with E-state index in [9.17, 15) is 4.79 Å². The number of rotatable bonds is 2. The maximum absolute atomic E-state index is 11.7. The van der Waals surface area contributed by atoms with Gasteiger partial charge >= 0.3 is 0 Å². The van der Waals surface area contributed by atoms with Gasteiger partial charge < -0.3 is 0 Å². The third-order valence-corrected chi connectivity index (χ3v) is 2.78. The number of aromatic nitrogens is 5. The van der Waals surface area contributed by atoms with Gasteiger partial charge in [-0.3, -0.25) is 14.8 Å². The van der Waals surface area contributed by atoms with Crippen LogP contribution in [0.25, 0.3) is 22.8 Å². The number of hydrogen-bond donors (Lipinski definition) is 0. The fourth-order valence-electron chi connectivity index (χ4n) is 1.84. The van der Waals surface area contributed by atoms with Crippen LogP contribution in [0.2, 0.25) is 0 Å². The van der Waals surface area contributed by atoms with Crippen LogP contribution >= 0.6 is 0 Å². The molecule has 20 heavy (non-hydrogen) atoms. The Balaban J connectivity index is 2.15. The summed E-state index contributed by atoms with van der Waals surface area (Å²) in [6.07, 6.45) is 6.63. The first-order chi connectivity index (χ1) is 9.75. The van der Waals surface area contributed by atoms with Crippen LogP contribution in [0, 0.1) is 0 Å². The molecule has 0 spiro atoms. The number of pyridine rings is 2. The molecule has 0 aliphatic carbocycles. The largest absolute Gasteiger partial charge is 0.273 e. The van der Waals surface area contributed by atoms with E-state index in [1.54, 1.807) is 49.1 Å². The summed E-state index contributed by atoms with van der Waals surface area (Å²) in [4.78, 5) is 24.1. The van der Waals surface area contributed by atoms with Crippen molar-refractivity contribution in [1.29, 1.82) is 0 Å². The fraction of sp³-hybridized carbons (Fsp3) is 0.0714. The summed E-state index contributed by atoms with van der Waals surface area (Å²) in [6.45, 7) is 1.45. The van der Waals surface area contributed by atoms with E-state index >= 15 is 0 Å². The van der Waals surface area contributed by atoms with E-state index in [0.717, 1.165) is 11.1 Å². The second kappa shape index (κ2) is 5.00. The summed E-state index contributed by atoms with van der Waals surface area (Å²) in [5, 5.41) is 4.26. The van der Waals surface area contributed by atoms with E-state index in [-0.39, 0.29) is 5.91 Å². The molecule has 0 aromatic carbocycles. The molecule has 6 nitrogen and oxygen atoms in total. The van der Waals surface area contributed by atoms with Gasteiger partial charge in [0.25, 0.3) is 0 Å². The van der Waals surface area contributed by atoms with Gasteiger partial charge in [0.05, 0.1) is 0 Å². The lowest BCUT2D eigenvalue weighted by Gasteiger charge is -1.99. The van der Waals surface area contributed by atoms with Gasteiger partial charge in [0, 0.05) is 42.8 Å². The molecule has 3 rings (SSSR count). The zero-order valence-corrected chi connectivity index (χ0v) is 10.8. The molecule has 0 amide bonds. The lowest BCUT2D eigenvalue weighted by Crippen LogP contribution is -2.09. The molecule has 98 valence electrons. The minimum Gasteiger partial charge on any atom is -0.273 e. The molecule has 0 bridgehead atoms. The van der Waals surface area contributed by atoms with Crippen molar-refractivity contribution in [1.82, 2.24) is 24.7 Å². The molecule has 0 aliphatic heterocycles. The normalized spacial score (nSPS) is 10.4. The van der Waals surface area contributed by atoms with Gasteiger partial charge in [-0.05, 0) is 24.3 Å². The average Bonchev–Trinajstić information content (AvgIpc) is 2.94. The molecule has 3 aromatic heterocycles. The molecule has 0 saturated carbocycles. The lowest BCUT2D eigenvalue weighted by molar-refractivity contribution is 0.0923. The smallest absolute Gasteiger partial charge is 0.245 e. The van der Waals surface area contributed by atoms with Crippen molar-refractivity contribution in [3.63, 3.8) is 0 Å². The van der Waals surface area contributed by atoms with Crippen LogP contribution in [0.15, 0.2) is 49.1 Å². The van der Waals surface area contributed by atoms with Crippen LogP contribution in [-0.4, -0.2) is 30.6 Å². The fourth-order valence-corrected chi connectivity index (χ4v) is 1.84. The molecule has 0 saturated heterocycles. The van der Waals surface area contributed by atoms with Crippen LogP contribution in [-0.2, 0) is 0 Å². The quantitative estimate of drug-likeness (QED) is 0.709. The molecule has 3 aromatic rings. The van der Waals surface area contributed by atoms with E-state index < -0.39 is 0 Å². The highest BCUT2D eigenvalue weighted by Gasteiger charge is 2.15. The Morgan fingerprint density at radius 1 is 0.950 bits per heavy atom. The summed E-state index contributed by atoms with van der Waals surface area (Å²) in [7, 11) is 0. The Kier molecular flexibility index (Phi) is 3.04. The summed E-state index contributed by atoms with van der Waals surface area (Å²) in [5.41, 5.74) is 1.61. The Bertz CT molecular complexity index is 737. The zero-order chi connectivity index (χ0) is 13.9. The second-order valence-electron chi connectivity index (χ2n) is 4.16. The van der Waals surface area contributed by atoms with E-state index in [1.165, 1.54) is 11.6 Å². The highest BCUT2D eigenvalue weighted by Crippen LogP contribution is 2.21. The molecule has 3 heterocycles. The van der Waals surface area contributed by atoms with Gasteiger partial charge in [0.1, 0.15) is 0 Å². The first-order valence-corrected chi connectivity index (χ1v) is 6.04. The summed E-state index contributed by atoms with van der Waals surface area (Å²) < 4.78 is 1.30. The number of hydrogen-bond acceptors (Lipinski definition) is 5. The third kappa shape index (κ3) is 2.18. The summed E-state index contributed by atoms with van der Waals surface area (Å²) in [6, 6.07) is 7.19. The minimum atomic E-state index is -0.190. The molecule has 0 unspecified atom stereocenters. The van der Waals surface area contributed by atoms with Gasteiger partial charge in [-0.25, -0.2) is 4.98 Å². The van der Waals surface area contributed by atoms with Gasteiger partial charge in [0.15, 0.2) is 11.6 Å². The van der Waals surface area contributed by atoms with Crippen LogP contribution < -0.4 is 0 Å². The van der Waals surface area contributed by atoms with Crippen molar-refractivity contribution in [2.24, 2.45) is 0 Å². The predicted octanol–water partition coefficient (Wildman–Crippen LogP) is 2.06. The molecule has 6 heteroatoms. The average molecular weight is 265 g/mol. The van der Waals surface area contributed by atoms with Crippen molar-refractivity contribution in [3.05, 3.63) is 49.1 Å². The number of carbonyl (C=O) groups excluding carboxylic acids is 1. The third-order valence-electron chi connectivity index (χ3n) is 2.78. The molecule has 0 radical (unpaired) electrons. The first kappa shape index (κ1) is 12.2. The highest BCUT2D eigenvalue weighted by atomic mass is 16.2. The van der Waals surface area contributed by atoms with Gasteiger partial charge in [-0.1, -0.05) is 0 Å². The first-order valence-electron chi connectivity index (χ1n) is 6.04. The maximum atomic E-state index is 11.7. The van der Waals surface area contributed by atoms with Crippen LogP contribution in [0.3, 0.4) is 0 Å². The van der Waals surface area contributed by atoms with Crippen molar-refractivity contribution in [2.75, 3.05) is 0 Å².